The molecule has 0 heterocycles. The van der Waals surface area contributed by atoms with Crippen molar-refractivity contribution in [3.8, 4) is 0 Å². The van der Waals surface area contributed by atoms with Gasteiger partial charge in [0.05, 0.1) is 0 Å². The van der Waals surface area contributed by atoms with Crippen molar-refractivity contribution in [2.24, 2.45) is 0 Å². The van der Waals surface area contributed by atoms with Gasteiger partial charge in [-0.25, -0.2) is 0 Å². The van der Waals surface area contributed by atoms with Crippen molar-refractivity contribution in [3.05, 3.63) is 12.2 Å². The Morgan fingerprint density at radius 2 is 1.30 bits per heavy atom. The lowest BCUT2D eigenvalue weighted by molar-refractivity contribution is 0.230. The Bertz CT molecular complexity index is 262. The summed E-state index contributed by atoms with van der Waals surface area (Å²) in [4.78, 5) is 4.99. The number of hydrogen-bond donors (Lipinski definition) is 2. The number of nitrogens with zero attached hydrogens (tertiary/aromatic N) is 2. The van der Waals surface area contributed by atoms with Gasteiger partial charge in [0.15, 0.2) is 0 Å². The monoisotopic (exact) mass is 326 g/mol. The summed E-state index contributed by atoms with van der Waals surface area (Å²) < 4.78 is 0. The van der Waals surface area contributed by atoms with Gasteiger partial charge in [-0.05, 0) is 72.5 Å². The standard InChI is InChI=1S/C19H42N4/c1-6-22(7-2)17-11-15-20-13-9-10-14-21-16-12-18-23(8-3)19(4)5/h9-10,19-21H,6-8,11-18H2,1-5H3/b10-9-. The van der Waals surface area contributed by atoms with Crippen molar-refractivity contribution < 1.29 is 0 Å². The van der Waals surface area contributed by atoms with Crippen molar-refractivity contribution in [2.75, 3.05) is 58.9 Å². The molecule has 0 spiro atoms. The van der Waals surface area contributed by atoms with Gasteiger partial charge in [0.1, 0.15) is 0 Å². The second-order valence-electron chi connectivity index (χ2n) is 6.34. The molecular weight excluding hydrogens is 284 g/mol. The van der Waals surface area contributed by atoms with Crippen LogP contribution in [0.3, 0.4) is 0 Å². The molecule has 0 saturated heterocycles. The van der Waals surface area contributed by atoms with E-state index in [2.05, 4.69) is 67.2 Å². The lowest BCUT2D eigenvalue weighted by Crippen LogP contribution is -2.33. The zero-order chi connectivity index (χ0) is 17.3. The second kappa shape index (κ2) is 16.4. The van der Waals surface area contributed by atoms with E-state index in [0.717, 1.165) is 45.8 Å². The average Bonchev–Trinajstić information content (AvgIpc) is 2.55. The minimum atomic E-state index is 0.660. The first kappa shape index (κ1) is 22.6. The minimum absolute atomic E-state index is 0.660. The van der Waals surface area contributed by atoms with Crippen molar-refractivity contribution in [2.45, 2.75) is 53.5 Å². The van der Waals surface area contributed by atoms with Gasteiger partial charge in [-0.1, -0.05) is 32.9 Å². The molecule has 0 aromatic carbocycles. The first-order valence-electron chi connectivity index (χ1n) is 9.68. The Balaban J connectivity index is 3.35. The molecule has 138 valence electrons. The summed E-state index contributed by atoms with van der Waals surface area (Å²) in [6.45, 7) is 21.3. The van der Waals surface area contributed by atoms with Gasteiger partial charge in [0, 0.05) is 19.1 Å². The molecule has 0 aromatic heterocycles. The zero-order valence-electron chi connectivity index (χ0n) is 16.4. The van der Waals surface area contributed by atoms with Crippen LogP contribution in [0.25, 0.3) is 0 Å². The summed E-state index contributed by atoms with van der Waals surface area (Å²) in [5.41, 5.74) is 0. The van der Waals surface area contributed by atoms with Crippen LogP contribution in [-0.4, -0.2) is 74.7 Å². The smallest absolute Gasteiger partial charge is 0.0135 e. The van der Waals surface area contributed by atoms with Crippen LogP contribution in [0.5, 0.6) is 0 Å². The predicted octanol–water partition coefficient (Wildman–Crippen LogP) is 2.57. The molecule has 0 aliphatic carbocycles. The van der Waals surface area contributed by atoms with E-state index in [1.807, 2.05) is 0 Å². The van der Waals surface area contributed by atoms with Crippen molar-refractivity contribution in [1.29, 1.82) is 0 Å². The summed E-state index contributed by atoms with van der Waals surface area (Å²) in [6, 6.07) is 0.660. The Hall–Kier alpha value is -0.420. The molecule has 0 radical (unpaired) electrons. The van der Waals surface area contributed by atoms with E-state index >= 15 is 0 Å². The number of nitrogens with one attached hydrogen (secondary N) is 2. The summed E-state index contributed by atoms with van der Waals surface area (Å²) in [7, 11) is 0. The molecule has 0 aromatic rings. The highest BCUT2D eigenvalue weighted by Gasteiger charge is 2.04. The van der Waals surface area contributed by atoms with Crippen LogP contribution in [0.15, 0.2) is 12.2 Å². The van der Waals surface area contributed by atoms with Gasteiger partial charge in [0.25, 0.3) is 0 Å². The van der Waals surface area contributed by atoms with E-state index in [9.17, 15) is 0 Å². The van der Waals surface area contributed by atoms with Gasteiger partial charge >= 0.3 is 0 Å². The highest BCUT2D eigenvalue weighted by atomic mass is 15.1. The third kappa shape index (κ3) is 13.7. The minimum Gasteiger partial charge on any atom is -0.313 e. The van der Waals surface area contributed by atoms with Crippen LogP contribution in [0.1, 0.15) is 47.5 Å². The maximum atomic E-state index is 3.49. The summed E-state index contributed by atoms with van der Waals surface area (Å²) in [6.07, 6.45) is 6.93. The van der Waals surface area contributed by atoms with Gasteiger partial charge in [-0.15, -0.1) is 0 Å². The molecule has 23 heavy (non-hydrogen) atoms. The first-order valence-corrected chi connectivity index (χ1v) is 9.68. The maximum absolute atomic E-state index is 3.49. The Morgan fingerprint density at radius 1 is 0.783 bits per heavy atom. The van der Waals surface area contributed by atoms with Crippen LogP contribution in [0.2, 0.25) is 0 Å². The molecular formula is C19H42N4. The normalized spacial score (nSPS) is 12.3. The van der Waals surface area contributed by atoms with E-state index in [0.29, 0.717) is 6.04 Å². The van der Waals surface area contributed by atoms with Crippen molar-refractivity contribution in [3.63, 3.8) is 0 Å². The summed E-state index contributed by atoms with van der Waals surface area (Å²) in [5.74, 6) is 0. The Morgan fingerprint density at radius 3 is 1.74 bits per heavy atom. The molecule has 0 amide bonds. The average molecular weight is 327 g/mol. The SMILES string of the molecule is CCN(CC)CCCNC/C=C\CNCCCN(CC)C(C)C. The number of hydrogen-bond acceptors (Lipinski definition) is 4. The van der Waals surface area contributed by atoms with E-state index < -0.39 is 0 Å². The van der Waals surface area contributed by atoms with Crippen molar-refractivity contribution >= 4 is 0 Å². The second-order valence-corrected chi connectivity index (χ2v) is 6.34. The fourth-order valence-corrected chi connectivity index (χ4v) is 2.69. The molecule has 0 unspecified atom stereocenters. The summed E-state index contributed by atoms with van der Waals surface area (Å²) in [5, 5.41) is 6.97. The fraction of sp³-hybridized carbons (Fsp3) is 0.895. The third-order valence-electron chi connectivity index (χ3n) is 4.35. The topological polar surface area (TPSA) is 30.5 Å². The van der Waals surface area contributed by atoms with Crippen LogP contribution in [0.4, 0.5) is 0 Å². The maximum Gasteiger partial charge on any atom is 0.0135 e. The number of rotatable bonds is 16. The molecule has 4 nitrogen and oxygen atoms in total. The fourth-order valence-electron chi connectivity index (χ4n) is 2.69. The molecule has 2 N–H and O–H groups in total. The molecule has 0 aliphatic heterocycles. The molecule has 0 fully saturated rings. The third-order valence-corrected chi connectivity index (χ3v) is 4.35. The quantitative estimate of drug-likeness (QED) is 0.337. The highest BCUT2D eigenvalue weighted by Crippen LogP contribution is 1.97. The molecule has 4 heteroatoms. The molecule has 0 aliphatic rings. The zero-order valence-corrected chi connectivity index (χ0v) is 16.4. The van der Waals surface area contributed by atoms with Crippen LogP contribution >= 0.6 is 0 Å². The lowest BCUT2D eigenvalue weighted by Gasteiger charge is -2.24. The Labute approximate surface area is 145 Å². The van der Waals surface area contributed by atoms with E-state index in [1.54, 1.807) is 0 Å². The lowest BCUT2D eigenvalue weighted by atomic mass is 10.3. The van der Waals surface area contributed by atoms with Crippen molar-refractivity contribution in [1.82, 2.24) is 20.4 Å². The molecule has 0 saturated carbocycles. The van der Waals surface area contributed by atoms with Gasteiger partial charge in [0.2, 0.25) is 0 Å². The van der Waals surface area contributed by atoms with Gasteiger partial charge in [-0.2, -0.15) is 0 Å². The molecule has 0 atom stereocenters. The largest absolute Gasteiger partial charge is 0.313 e. The van der Waals surface area contributed by atoms with E-state index in [1.165, 1.54) is 25.9 Å². The van der Waals surface area contributed by atoms with E-state index in [-0.39, 0.29) is 0 Å². The van der Waals surface area contributed by atoms with Crippen LogP contribution in [0, 0.1) is 0 Å². The van der Waals surface area contributed by atoms with Crippen LogP contribution < -0.4 is 10.6 Å². The van der Waals surface area contributed by atoms with Gasteiger partial charge in [-0.3, -0.25) is 0 Å². The first-order chi connectivity index (χ1) is 11.2. The van der Waals surface area contributed by atoms with Crippen LogP contribution in [-0.2, 0) is 0 Å². The highest BCUT2D eigenvalue weighted by molar-refractivity contribution is 4.85. The predicted molar refractivity (Wildman–Crippen MR) is 104 cm³/mol. The molecule has 0 rings (SSSR count). The van der Waals surface area contributed by atoms with E-state index in [4.69, 9.17) is 0 Å². The molecule has 0 bridgehead atoms. The summed E-state index contributed by atoms with van der Waals surface area (Å²) >= 11 is 0. The van der Waals surface area contributed by atoms with Gasteiger partial charge < -0.3 is 20.4 Å². The Kier molecular flexibility index (Phi) is 16.1.